The van der Waals surface area contributed by atoms with Crippen LogP contribution in [0.5, 0.6) is 0 Å². The number of amides is 1. The molecule has 0 aromatic heterocycles. The largest absolute Gasteiger partial charge is 0.338 e. The van der Waals surface area contributed by atoms with Crippen molar-refractivity contribution in [1.82, 2.24) is 9.21 Å². The van der Waals surface area contributed by atoms with Gasteiger partial charge in [-0.2, -0.15) is 0 Å². The summed E-state index contributed by atoms with van der Waals surface area (Å²) in [5.41, 5.74) is 3.32. The lowest BCUT2D eigenvalue weighted by atomic mass is 9.94. The standard InChI is InChI=1S/C22H25BrN2O3S/c23-21-7-5-17(6-8-21)16-29(27,28)25-13-10-19(11-14-25)22(26)24-12-9-18-3-1-2-4-20(18)15-24/h1-8,19H,9-16H2. The number of fused-ring (bicyclic) bond motifs is 1. The Morgan fingerprint density at radius 1 is 0.966 bits per heavy atom. The van der Waals surface area contributed by atoms with Crippen LogP contribution in [0.1, 0.15) is 29.5 Å². The summed E-state index contributed by atoms with van der Waals surface area (Å²) in [6, 6.07) is 15.6. The van der Waals surface area contributed by atoms with Crippen molar-refractivity contribution >= 4 is 31.9 Å². The predicted octanol–water partition coefficient (Wildman–Crippen LogP) is 3.58. The van der Waals surface area contributed by atoms with Gasteiger partial charge in [0.25, 0.3) is 0 Å². The average molecular weight is 477 g/mol. The lowest BCUT2D eigenvalue weighted by Gasteiger charge is -2.35. The number of hydrogen-bond acceptors (Lipinski definition) is 3. The monoisotopic (exact) mass is 476 g/mol. The Labute approximate surface area is 180 Å². The Kier molecular flexibility index (Phi) is 6.08. The van der Waals surface area contributed by atoms with Gasteiger partial charge in [0, 0.05) is 36.6 Å². The third-order valence-corrected chi connectivity index (χ3v) is 8.28. The zero-order valence-corrected chi connectivity index (χ0v) is 18.7. The van der Waals surface area contributed by atoms with Gasteiger partial charge in [-0.3, -0.25) is 4.79 Å². The fourth-order valence-corrected chi connectivity index (χ4v) is 6.03. The van der Waals surface area contributed by atoms with E-state index in [4.69, 9.17) is 0 Å². The SMILES string of the molecule is O=C(C1CCN(S(=O)(=O)Cc2ccc(Br)cc2)CC1)N1CCc2ccccc2C1. The molecule has 0 aliphatic carbocycles. The second kappa shape index (κ2) is 8.58. The number of carbonyl (C=O) groups is 1. The van der Waals surface area contributed by atoms with E-state index in [1.807, 2.05) is 41.3 Å². The highest BCUT2D eigenvalue weighted by molar-refractivity contribution is 9.10. The minimum Gasteiger partial charge on any atom is -0.338 e. The maximum absolute atomic E-state index is 13.0. The van der Waals surface area contributed by atoms with Crippen molar-refractivity contribution < 1.29 is 13.2 Å². The van der Waals surface area contributed by atoms with E-state index >= 15 is 0 Å². The molecule has 5 nitrogen and oxygen atoms in total. The molecule has 154 valence electrons. The van der Waals surface area contributed by atoms with Crippen LogP contribution in [0.2, 0.25) is 0 Å². The van der Waals surface area contributed by atoms with Gasteiger partial charge in [0.15, 0.2) is 0 Å². The van der Waals surface area contributed by atoms with Gasteiger partial charge < -0.3 is 4.90 Å². The summed E-state index contributed by atoms with van der Waals surface area (Å²) in [4.78, 5) is 14.9. The van der Waals surface area contributed by atoms with Crippen LogP contribution in [-0.2, 0) is 33.5 Å². The van der Waals surface area contributed by atoms with E-state index in [0.29, 0.717) is 32.5 Å². The van der Waals surface area contributed by atoms with Crippen molar-refractivity contribution in [3.63, 3.8) is 0 Å². The van der Waals surface area contributed by atoms with Crippen LogP contribution in [0, 0.1) is 5.92 Å². The molecular weight excluding hydrogens is 452 g/mol. The Morgan fingerprint density at radius 2 is 1.62 bits per heavy atom. The number of benzene rings is 2. The minimum atomic E-state index is -3.37. The fourth-order valence-electron chi connectivity index (χ4n) is 4.21. The molecule has 29 heavy (non-hydrogen) atoms. The van der Waals surface area contributed by atoms with Crippen LogP contribution >= 0.6 is 15.9 Å². The highest BCUT2D eigenvalue weighted by Gasteiger charge is 2.33. The van der Waals surface area contributed by atoms with Crippen molar-refractivity contribution in [2.45, 2.75) is 31.6 Å². The van der Waals surface area contributed by atoms with Gasteiger partial charge in [0.2, 0.25) is 15.9 Å². The zero-order chi connectivity index (χ0) is 20.4. The Hall–Kier alpha value is -1.70. The van der Waals surface area contributed by atoms with E-state index in [1.54, 1.807) is 4.31 Å². The highest BCUT2D eigenvalue weighted by atomic mass is 79.9. The van der Waals surface area contributed by atoms with Crippen LogP contribution in [0.25, 0.3) is 0 Å². The van der Waals surface area contributed by atoms with Crippen LogP contribution in [0.4, 0.5) is 0 Å². The zero-order valence-electron chi connectivity index (χ0n) is 16.3. The molecule has 2 aromatic carbocycles. The van der Waals surface area contributed by atoms with Crippen molar-refractivity contribution in [3.8, 4) is 0 Å². The second-order valence-corrected chi connectivity index (χ2v) is 10.7. The van der Waals surface area contributed by atoms with E-state index in [1.165, 1.54) is 11.1 Å². The van der Waals surface area contributed by atoms with Crippen LogP contribution in [0.3, 0.4) is 0 Å². The van der Waals surface area contributed by atoms with E-state index in [0.717, 1.165) is 23.0 Å². The maximum Gasteiger partial charge on any atom is 0.226 e. The molecule has 0 radical (unpaired) electrons. The second-order valence-electron chi connectivity index (χ2n) is 7.83. The van der Waals surface area contributed by atoms with Gasteiger partial charge in [0.1, 0.15) is 0 Å². The quantitative estimate of drug-likeness (QED) is 0.677. The van der Waals surface area contributed by atoms with Crippen molar-refractivity contribution in [2.75, 3.05) is 19.6 Å². The van der Waals surface area contributed by atoms with Crippen molar-refractivity contribution in [1.29, 1.82) is 0 Å². The number of carbonyl (C=O) groups excluding carboxylic acids is 1. The summed E-state index contributed by atoms with van der Waals surface area (Å²) >= 11 is 3.37. The first-order chi connectivity index (χ1) is 13.9. The topological polar surface area (TPSA) is 57.7 Å². The third-order valence-electron chi connectivity index (χ3n) is 5.90. The molecule has 7 heteroatoms. The van der Waals surface area contributed by atoms with Gasteiger partial charge >= 0.3 is 0 Å². The van der Waals surface area contributed by atoms with Gasteiger partial charge in [-0.25, -0.2) is 12.7 Å². The molecule has 1 fully saturated rings. The summed E-state index contributed by atoms with van der Waals surface area (Å²) in [5, 5.41) is 0. The van der Waals surface area contributed by atoms with E-state index in [2.05, 4.69) is 28.1 Å². The van der Waals surface area contributed by atoms with Gasteiger partial charge in [-0.05, 0) is 48.1 Å². The molecule has 1 saturated heterocycles. The molecule has 2 aromatic rings. The van der Waals surface area contributed by atoms with Crippen LogP contribution < -0.4 is 0 Å². The van der Waals surface area contributed by atoms with Gasteiger partial charge in [-0.1, -0.05) is 52.3 Å². The number of rotatable bonds is 4. The van der Waals surface area contributed by atoms with Gasteiger partial charge in [-0.15, -0.1) is 0 Å². The highest BCUT2D eigenvalue weighted by Crippen LogP contribution is 2.26. The first kappa shape index (κ1) is 20.6. The number of hydrogen-bond donors (Lipinski definition) is 0. The summed E-state index contributed by atoms with van der Waals surface area (Å²) < 4.78 is 28.0. The summed E-state index contributed by atoms with van der Waals surface area (Å²) in [5.74, 6) is 0.0887. The first-order valence-electron chi connectivity index (χ1n) is 10.0. The Balaban J connectivity index is 1.34. The molecule has 4 rings (SSSR count). The lowest BCUT2D eigenvalue weighted by Crippen LogP contribution is -2.45. The molecule has 2 heterocycles. The van der Waals surface area contributed by atoms with Gasteiger partial charge in [0.05, 0.1) is 5.75 Å². The molecule has 0 saturated carbocycles. The molecule has 2 aliphatic heterocycles. The number of sulfonamides is 1. The molecule has 1 amide bonds. The Morgan fingerprint density at radius 3 is 2.31 bits per heavy atom. The van der Waals surface area contributed by atoms with Crippen molar-refractivity contribution in [3.05, 3.63) is 69.7 Å². The smallest absolute Gasteiger partial charge is 0.226 e. The van der Waals surface area contributed by atoms with E-state index in [9.17, 15) is 13.2 Å². The van der Waals surface area contributed by atoms with Crippen LogP contribution in [-0.4, -0.2) is 43.2 Å². The summed E-state index contributed by atoms with van der Waals surface area (Å²) in [7, 11) is -3.37. The molecule has 0 N–H and O–H groups in total. The molecule has 0 atom stereocenters. The average Bonchev–Trinajstić information content (AvgIpc) is 2.74. The maximum atomic E-state index is 13.0. The summed E-state index contributed by atoms with van der Waals surface area (Å²) in [6.07, 6.45) is 2.08. The predicted molar refractivity (Wildman–Crippen MR) is 117 cm³/mol. The molecule has 0 bridgehead atoms. The first-order valence-corrected chi connectivity index (χ1v) is 12.4. The normalized spacial score (nSPS) is 18.4. The van der Waals surface area contributed by atoms with Crippen LogP contribution in [0.15, 0.2) is 53.0 Å². The molecule has 2 aliphatic rings. The third kappa shape index (κ3) is 4.73. The van der Waals surface area contributed by atoms with E-state index in [-0.39, 0.29) is 17.6 Å². The number of piperidine rings is 1. The molecular formula is C22H25BrN2O3S. The number of nitrogens with zero attached hydrogens (tertiary/aromatic N) is 2. The lowest BCUT2D eigenvalue weighted by molar-refractivity contribution is -0.137. The molecule has 0 unspecified atom stereocenters. The van der Waals surface area contributed by atoms with E-state index < -0.39 is 10.0 Å². The minimum absolute atomic E-state index is 0.00179. The Bertz CT molecular complexity index is 983. The van der Waals surface area contributed by atoms with Crippen molar-refractivity contribution in [2.24, 2.45) is 5.92 Å². The number of halogens is 1. The fraction of sp³-hybridized carbons (Fsp3) is 0.409. The molecule has 0 spiro atoms. The summed E-state index contributed by atoms with van der Waals surface area (Å²) in [6.45, 7) is 2.24.